The van der Waals surface area contributed by atoms with Gasteiger partial charge in [-0.05, 0) is 42.3 Å². The van der Waals surface area contributed by atoms with Crippen molar-refractivity contribution in [2.24, 2.45) is 0 Å². The third-order valence-electron chi connectivity index (χ3n) is 5.65. The fourth-order valence-corrected chi connectivity index (χ4v) is 4.03. The number of aryl methyl sites for hydroxylation is 1. The summed E-state index contributed by atoms with van der Waals surface area (Å²) in [5, 5.41) is 0. The zero-order chi connectivity index (χ0) is 20.3. The predicted molar refractivity (Wildman–Crippen MR) is 123 cm³/mol. The van der Waals surface area contributed by atoms with Crippen LogP contribution in [0.1, 0.15) is 29.5 Å². The summed E-state index contributed by atoms with van der Waals surface area (Å²) < 4.78 is 11.7. The summed E-state index contributed by atoms with van der Waals surface area (Å²) in [6, 6.07) is 25.3. The van der Waals surface area contributed by atoms with E-state index in [2.05, 4.69) is 72.8 Å². The van der Waals surface area contributed by atoms with Gasteiger partial charge in [-0.25, -0.2) is 0 Å². The van der Waals surface area contributed by atoms with E-state index in [9.17, 15) is 0 Å². The molecule has 0 radical (unpaired) electrons. The highest BCUT2D eigenvalue weighted by Crippen LogP contribution is 2.36. The van der Waals surface area contributed by atoms with Crippen molar-refractivity contribution in [2.45, 2.75) is 19.8 Å². The van der Waals surface area contributed by atoms with Gasteiger partial charge < -0.3 is 14.4 Å². The largest absolute Gasteiger partial charge is 0.493 e. The molecule has 2 aliphatic rings. The normalized spacial score (nSPS) is 17.6. The summed E-state index contributed by atoms with van der Waals surface area (Å²) in [7, 11) is 0. The molecule has 0 fully saturated rings. The van der Waals surface area contributed by atoms with Crippen LogP contribution in [0, 0.1) is 6.92 Å². The lowest BCUT2D eigenvalue weighted by atomic mass is 9.99. The van der Waals surface area contributed by atoms with Crippen LogP contribution in [0.25, 0.3) is 11.1 Å². The fourth-order valence-electron chi connectivity index (χ4n) is 4.03. The Hall–Kier alpha value is -3.46. The molecule has 30 heavy (non-hydrogen) atoms. The lowest BCUT2D eigenvalue weighted by molar-refractivity contribution is 0.316. The minimum absolute atomic E-state index is 0.706. The summed E-state index contributed by atoms with van der Waals surface area (Å²) in [6.45, 7) is 3.53. The van der Waals surface area contributed by atoms with Crippen molar-refractivity contribution in [2.75, 3.05) is 18.1 Å². The molecule has 5 rings (SSSR count). The molecule has 3 nitrogen and oxygen atoms in total. The number of hydrogen-bond donors (Lipinski definition) is 0. The van der Waals surface area contributed by atoms with Crippen molar-refractivity contribution in [1.29, 1.82) is 0 Å². The number of nitrogens with zero attached hydrogens (tertiary/aromatic N) is 1. The van der Waals surface area contributed by atoms with Crippen LogP contribution >= 0.6 is 0 Å². The third-order valence-corrected chi connectivity index (χ3v) is 5.65. The maximum atomic E-state index is 5.86. The van der Waals surface area contributed by atoms with Gasteiger partial charge in [0.2, 0.25) is 0 Å². The maximum absolute atomic E-state index is 5.86. The Kier molecular flexibility index (Phi) is 5.02. The first-order valence-corrected chi connectivity index (χ1v) is 10.5. The molecule has 0 bridgehead atoms. The fraction of sp³-hybridized carbons (Fsp3) is 0.185. The molecule has 0 unspecified atom stereocenters. The Balaban J connectivity index is 1.61. The van der Waals surface area contributed by atoms with E-state index < -0.39 is 0 Å². The summed E-state index contributed by atoms with van der Waals surface area (Å²) >= 11 is 0. The van der Waals surface area contributed by atoms with E-state index in [1.54, 1.807) is 0 Å². The lowest BCUT2D eigenvalue weighted by Gasteiger charge is -2.26. The Morgan fingerprint density at radius 1 is 0.667 bits per heavy atom. The molecule has 2 heterocycles. The van der Waals surface area contributed by atoms with E-state index in [4.69, 9.17) is 9.47 Å². The van der Waals surface area contributed by atoms with E-state index in [1.165, 1.54) is 27.8 Å². The van der Waals surface area contributed by atoms with Gasteiger partial charge in [0.25, 0.3) is 0 Å². The Labute approximate surface area is 177 Å². The summed E-state index contributed by atoms with van der Waals surface area (Å²) in [5.74, 6) is 1.92. The quantitative estimate of drug-likeness (QED) is 0.509. The predicted octanol–water partition coefficient (Wildman–Crippen LogP) is 6.45. The van der Waals surface area contributed by atoms with Crippen LogP contribution in [-0.4, -0.2) is 13.2 Å². The molecule has 3 heteroatoms. The van der Waals surface area contributed by atoms with Crippen LogP contribution in [0.15, 0.2) is 85.2 Å². The van der Waals surface area contributed by atoms with Gasteiger partial charge in [0.05, 0.1) is 13.2 Å². The molecule has 0 aromatic heterocycles. The standard InChI is InChI=1S/C27H25NO2/c1-20-10-12-23(13-11-20)28(18-21-14-16-29-26-8-4-2-6-24(21)26)19-22-15-17-30-27-9-5-3-7-25(22)27/h2-13,18-19H,14-17H2,1H3/b21-18+,22-19+. The highest BCUT2D eigenvalue weighted by Gasteiger charge is 2.18. The summed E-state index contributed by atoms with van der Waals surface area (Å²) in [5.41, 5.74) is 7.32. The molecule has 0 atom stereocenters. The minimum Gasteiger partial charge on any atom is -0.493 e. The van der Waals surface area contributed by atoms with Crippen molar-refractivity contribution < 1.29 is 9.47 Å². The summed E-state index contributed by atoms with van der Waals surface area (Å²) in [4.78, 5) is 2.26. The van der Waals surface area contributed by atoms with Crippen LogP contribution < -0.4 is 14.4 Å². The Bertz CT molecular complexity index is 1040. The molecule has 150 valence electrons. The molecule has 2 aliphatic heterocycles. The number of anilines is 1. The number of ether oxygens (including phenoxy) is 2. The number of para-hydroxylation sites is 2. The van der Waals surface area contributed by atoms with E-state index >= 15 is 0 Å². The van der Waals surface area contributed by atoms with Gasteiger partial charge in [0, 0.05) is 42.1 Å². The second kappa shape index (κ2) is 8.11. The van der Waals surface area contributed by atoms with Crippen LogP contribution in [-0.2, 0) is 0 Å². The van der Waals surface area contributed by atoms with Crippen molar-refractivity contribution in [3.63, 3.8) is 0 Å². The van der Waals surface area contributed by atoms with Crippen LogP contribution in [0.4, 0.5) is 5.69 Å². The molecule has 0 N–H and O–H groups in total. The molecule has 3 aromatic carbocycles. The molecule has 0 saturated heterocycles. The Morgan fingerprint density at radius 3 is 1.70 bits per heavy atom. The molecular weight excluding hydrogens is 370 g/mol. The van der Waals surface area contributed by atoms with Crippen molar-refractivity contribution in [3.8, 4) is 11.5 Å². The molecule has 0 spiro atoms. The van der Waals surface area contributed by atoms with Gasteiger partial charge in [0.1, 0.15) is 11.5 Å². The van der Waals surface area contributed by atoms with Gasteiger partial charge in [-0.3, -0.25) is 0 Å². The number of benzene rings is 3. The van der Waals surface area contributed by atoms with Gasteiger partial charge in [-0.15, -0.1) is 0 Å². The van der Waals surface area contributed by atoms with Crippen LogP contribution in [0.2, 0.25) is 0 Å². The topological polar surface area (TPSA) is 21.7 Å². The molecule has 0 aliphatic carbocycles. The maximum Gasteiger partial charge on any atom is 0.126 e. The van der Waals surface area contributed by atoms with E-state index in [1.807, 2.05) is 24.3 Å². The number of hydrogen-bond acceptors (Lipinski definition) is 3. The highest BCUT2D eigenvalue weighted by molar-refractivity contribution is 5.78. The van der Waals surface area contributed by atoms with E-state index in [0.29, 0.717) is 13.2 Å². The summed E-state index contributed by atoms with van der Waals surface area (Å²) in [6.07, 6.45) is 6.30. The van der Waals surface area contributed by atoms with Gasteiger partial charge >= 0.3 is 0 Å². The monoisotopic (exact) mass is 395 g/mol. The molecule has 0 saturated carbocycles. The van der Waals surface area contributed by atoms with E-state index in [0.717, 1.165) is 30.0 Å². The molecular formula is C27H25NO2. The zero-order valence-electron chi connectivity index (χ0n) is 17.2. The average molecular weight is 396 g/mol. The first-order valence-electron chi connectivity index (χ1n) is 10.5. The zero-order valence-corrected chi connectivity index (χ0v) is 17.2. The van der Waals surface area contributed by atoms with Crippen molar-refractivity contribution in [1.82, 2.24) is 0 Å². The Morgan fingerprint density at radius 2 is 1.17 bits per heavy atom. The average Bonchev–Trinajstić information content (AvgIpc) is 2.80. The van der Waals surface area contributed by atoms with E-state index in [-0.39, 0.29) is 0 Å². The van der Waals surface area contributed by atoms with Gasteiger partial charge in [0.15, 0.2) is 0 Å². The van der Waals surface area contributed by atoms with Crippen LogP contribution in [0.3, 0.4) is 0 Å². The lowest BCUT2D eigenvalue weighted by Crippen LogP contribution is -2.15. The second-order valence-electron chi connectivity index (χ2n) is 7.74. The molecule has 0 amide bonds. The minimum atomic E-state index is 0.706. The number of fused-ring (bicyclic) bond motifs is 2. The third kappa shape index (κ3) is 3.71. The first kappa shape index (κ1) is 18.6. The first-order chi connectivity index (χ1) is 14.8. The highest BCUT2D eigenvalue weighted by atomic mass is 16.5. The van der Waals surface area contributed by atoms with Crippen molar-refractivity contribution >= 4 is 16.8 Å². The van der Waals surface area contributed by atoms with Gasteiger partial charge in [-0.2, -0.15) is 0 Å². The smallest absolute Gasteiger partial charge is 0.126 e. The van der Waals surface area contributed by atoms with Crippen LogP contribution in [0.5, 0.6) is 11.5 Å². The van der Waals surface area contributed by atoms with Crippen molar-refractivity contribution in [3.05, 3.63) is 102 Å². The molecule has 3 aromatic rings. The number of rotatable bonds is 3. The SMILES string of the molecule is Cc1ccc(N(/C=C2\CCOc3ccccc32)/C=C2\CCOc3ccccc32)cc1. The second-order valence-corrected chi connectivity index (χ2v) is 7.74. The van der Waals surface area contributed by atoms with Gasteiger partial charge in [-0.1, -0.05) is 54.1 Å².